The molecule has 0 aliphatic rings. The molecule has 19 heavy (non-hydrogen) atoms. The van der Waals surface area contributed by atoms with E-state index in [-0.39, 0.29) is 5.75 Å². The minimum atomic E-state index is 0.283. The maximum atomic E-state index is 9.74. The number of aromatic hydroxyl groups is 2. The van der Waals surface area contributed by atoms with Gasteiger partial charge in [0.25, 0.3) is 0 Å². The fourth-order valence-electron chi connectivity index (χ4n) is 2.12. The van der Waals surface area contributed by atoms with Gasteiger partial charge in [-0.2, -0.15) is 0 Å². The van der Waals surface area contributed by atoms with Crippen LogP contribution in [0.2, 0.25) is 0 Å². The van der Waals surface area contributed by atoms with Crippen molar-refractivity contribution in [3.63, 3.8) is 0 Å². The zero-order valence-electron chi connectivity index (χ0n) is 11.4. The molecule has 2 heteroatoms. The van der Waals surface area contributed by atoms with Crippen molar-refractivity contribution in [3.05, 3.63) is 58.1 Å². The van der Waals surface area contributed by atoms with Crippen molar-refractivity contribution >= 4 is 12.2 Å². The summed E-state index contributed by atoms with van der Waals surface area (Å²) in [6, 6.07) is 9.22. The molecule has 0 fully saturated rings. The first-order chi connectivity index (χ1) is 8.97. The van der Waals surface area contributed by atoms with Gasteiger partial charge >= 0.3 is 0 Å². The average Bonchev–Trinajstić information content (AvgIpc) is 2.34. The molecule has 0 saturated carbocycles. The van der Waals surface area contributed by atoms with E-state index in [1.807, 2.05) is 51.1 Å². The lowest BCUT2D eigenvalue weighted by molar-refractivity contribution is 0.467. The molecular formula is C17H18O2. The molecule has 0 aliphatic carbocycles. The summed E-state index contributed by atoms with van der Waals surface area (Å²) in [5, 5.41) is 19.1. The largest absolute Gasteiger partial charge is 0.508 e. The summed E-state index contributed by atoms with van der Waals surface area (Å²) in [5.74, 6) is 0.643. The Kier molecular flexibility index (Phi) is 3.61. The van der Waals surface area contributed by atoms with Crippen molar-refractivity contribution in [2.45, 2.75) is 20.8 Å². The Morgan fingerprint density at radius 2 is 1.42 bits per heavy atom. The van der Waals surface area contributed by atoms with Gasteiger partial charge in [-0.1, -0.05) is 18.2 Å². The first-order valence-corrected chi connectivity index (χ1v) is 6.25. The highest BCUT2D eigenvalue weighted by Gasteiger charge is 2.01. The van der Waals surface area contributed by atoms with E-state index in [4.69, 9.17) is 0 Å². The van der Waals surface area contributed by atoms with E-state index < -0.39 is 0 Å². The lowest BCUT2D eigenvalue weighted by Gasteiger charge is -2.05. The topological polar surface area (TPSA) is 40.5 Å². The van der Waals surface area contributed by atoms with Crippen molar-refractivity contribution in [2.24, 2.45) is 0 Å². The molecule has 0 saturated heterocycles. The van der Waals surface area contributed by atoms with Crippen LogP contribution in [0, 0.1) is 20.8 Å². The number of rotatable bonds is 2. The van der Waals surface area contributed by atoms with Gasteiger partial charge in [0.05, 0.1) is 0 Å². The van der Waals surface area contributed by atoms with Gasteiger partial charge in [0.15, 0.2) is 0 Å². The summed E-state index contributed by atoms with van der Waals surface area (Å²) in [4.78, 5) is 0. The lowest BCUT2D eigenvalue weighted by atomic mass is 10.0. The Bertz CT molecular complexity index is 617. The first kappa shape index (κ1) is 13.2. The molecule has 2 N–H and O–H groups in total. The SMILES string of the molecule is Cc1cc(O)ccc1C=Cc1cc(C)c(O)c(C)c1. The predicted molar refractivity (Wildman–Crippen MR) is 79.4 cm³/mol. The molecule has 0 unspecified atom stereocenters. The summed E-state index contributed by atoms with van der Waals surface area (Å²) in [6.07, 6.45) is 4.03. The number of aryl methyl sites for hydroxylation is 3. The molecule has 0 bridgehead atoms. The van der Waals surface area contributed by atoms with Gasteiger partial charge in [-0.3, -0.25) is 0 Å². The molecule has 2 aromatic carbocycles. The second-order valence-electron chi connectivity index (χ2n) is 4.88. The highest BCUT2D eigenvalue weighted by atomic mass is 16.3. The second kappa shape index (κ2) is 5.19. The van der Waals surface area contributed by atoms with Crippen LogP contribution in [0.1, 0.15) is 27.8 Å². The summed E-state index contributed by atoms with van der Waals surface area (Å²) in [7, 11) is 0. The molecule has 98 valence electrons. The molecular weight excluding hydrogens is 236 g/mol. The van der Waals surface area contributed by atoms with Crippen LogP contribution in [-0.2, 0) is 0 Å². The zero-order valence-corrected chi connectivity index (χ0v) is 11.4. The minimum Gasteiger partial charge on any atom is -0.508 e. The number of hydrogen-bond donors (Lipinski definition) is 2. The number of phenolic OH excluding ortho intramolecular Hbond substituents is 2. The Morgan fingerprint density at radius 1 is 0.789 bits per heavy atom. The van der Waals surface area contributed by atoms with E-state index in [2.05, 4.69) is 0 Å². The molecule has 2 aromatic rings. The molecule has 0 amide bonds. The fourth-order valence-corrected chi connectivity index (χ4v) is 2.12. The standard InChI is InChI=1S/C17H18O2/c1-11-10-16(18)7-6-15(11)5-4-14-8-12(2)17(19)13(3)9-14/h4-10,18-19H,1-3H3. The van der Waals surface area contributed by atoms with Crippen molar-refractivity contribution < 1.29 is 10.2 Å². The smallest absolute Gasteiger partial charge is 0.121 e. The minimum absolute atomic E-state index is 0.283. The van der Waals surface area contributed by atoms with Crippen molar-refractivity contribution in [1.82, 2.24) is 0 Å². The van der Waals surface area contributed by atoms with E-state index >= 15 is 0 Å². The molecule has 0 atom stereocenters. The van der Waals surface area contributed by atoms with Crippen LogP contribution in [0.15, 0.2) is 30.3 Å². The molecule has 0 spiro atoms. The van der Waals surface area contributed by atoms with Gasteiger partial charge in [-0.25, -0.2) is 0 Å². The molecule has 0 aliphatic heterocycles. The second-order valence-corrected chi connectivity index (χ2v) is 4.88. The fraction of sp³-hybridized carbons (Fsp3) is 0.176. The molecule has 2 nitrogen and oxygen atoms in total. The quantitative estimate of drug-likeness (QED) is 0.789. The van der Waals surface area contributed by atoms with E-state index in [1.54, 1.807) is 12.1 Å². The van der Waals surface area contributed by atoms with Gasteiger partial charge in [0.1, 0.15) is 11.5 Å². The molecule has 0 aromatic heterocycles. The van der Waals surface area contributed by atoms with Crippen LogP contribution < -0.4 is 0 Å². The Balaban J connectivity index is 2.32. The van der Waals surface area contributed by atoms with Crippen LogP contribution in [0.3, 0.4) is 0 Å². The van der Waals surface area contributed by atoms with Crippen LogP contribution in [-0.4, -0.2) is 10.2 Å². The summed E-state index contributed by atoms with van der Waals surface area (Å²) in [6.45, 7) is 5.75. The Morgan fingerprint density at radius 3 is 2.00 bits per heavy atom. The number of hydrogen-bond acceptors (Lipinski definition) is 2. The average molecular weight is 254 g/mol. The molecule has 0 radical (unpaired) electrons. The van der Waals surface area contributed by atoms with Crippen molar-refractivity contribution in [3.8, 4) is 11.5 Å². The lowest BCUT2D eigenvalue weighted by Crippen LogP contribution is -1.84. The van der Waals surface area contributed by atoms with Crippen molar-refractivity contribution in [1.29, 1.82) is 0 Å². The first-order valence-electron chi connectivity index (χ1n) is 6.25. The van der Waals surface area contributed by atoms with Gasteiger partial charge < -0.3 is 10.2 Å². The third-order valence-corrected chi connectivity index (χ3v) is 3.22. The third kappa shape index (κ3) is 2.97. The summed E-state index contributed by atoms with van der Waals surface area (Å²) in [5.41, 5.74) is 4.91. The number of phenols is 2. The highest BCUT2D eigenvalue weighted by molar-refractivity contribution is 5.72. The Labute approximate surface area is 113 Å². The van der Waals surface area contributed by atoms with Crippen LogP contribution >= 0.6 is 0 Å². The highest BCUT2D eigenvalue weighted by Crippen LogP contribution is 2.24. The van der Waals surface area contributed by atoms with E-state index in [0.717, 1.165) is 27.8 Å². The summed E-state index contributed by atoms with van der Waals surface area (Å²) < 4.78 is 0. The molecule has 0 heterocycles. The van der Waals surface area contributed by atoms with Gasteiger partial charge in [0, 0.05) is 0 Å². The van der Waals surface area contributed by atoms with E-state index in [0.29, 0.717) is 5.75 Å². The van der Waals surface area contributed by atoms with Crippen molar-refractivity contribution in [2.75, 3.05) is 0 Å². The third-order valence-electron chi connectivity index (χ3n) is 3.22. The van der Waals surface area contributed by atoms with E-state index in [9.17, 15) is 10.2 Å². The monoisotopic (exact) mass is 254 g/mol. The van der Waals surface area contributed by atoms with Crippen LogP contribution in [0.4, 0.5) is 0 Å². The maximum Gasteiger partial charge on any atom is 0.121 e. The van der Waals surface area contributed by atoms with E-state index in [1.165, 1.54) is 0 Å². The zero-order chi connectivity index (χ0) is 14.0. The normalized spacial score (nSPS) is 11.1. The number of benzene rings is 2. The summed E-state index contributed by atoms with van der Waals surface area (Å²) >= 11 is 0. The van der Waals surface area contributed by atoms with Gasteiger partial charge in [-0.15, -0.1) is 0 Å². The predicted octanol–water partition coefficient (Wildman–Crippen LogP) is 4.19. The van der Waals surface area contributed by atoms with Crippen LogP contribution in [0.5, 0.6) is 11.5 Å². The van der Waals surface area contributed by atoms with Gasteiger partial charge in [0.2, 0.25) is 0 Å². The molecule has 2 rings (SSSR count). The van der Waals surface area contributed by atoms with Crippen LogP contribution in [0.25, 0.3) is 12.2 Å². The maximum absolute atomic E-state index is 9.74. The van der Waals surface area contributed by atoms with Gasteiger partial charge in [-0.05, 0) is 72.9 Å². The Hall–Kier alpha value is -2.22.